The third-order valence-electron chi connectivity index (χ3n) is 4.97. The van der Waals surface area contributed by atoms with Crippen molar-refractivity contribution in [2.24, 2.45) is 0 Å². The van der Waals surface area contributed by atoms with Crippen LogP contribution in [-0.4, -0.2) is 71.2 Å². The SMILES string of the molecule is C.CC(C)(C)OC(=O)N1CCC(=O)CC1.CCOC(=O)c1cc2c(s1)CCN(C(=O)OC(C)(C)C)C2. The van der Waals surface area contributed by atoms with Crippen LogP contribution in [0.25, 0.3) is 0 Å². The normalized spacial score (nSPS) is 15.6. The van der Waals surface area contributed by atoms with E-state index in [9.17, 15) is 19.2 Å². The number of amides is 2. The van der Waals surface area contributed by atoms with Crippen LogP contribution in [0.15, 0.2) is 6.07 Å². The van der Waals surface area contributed by atoms with Crippen LogP contribution in [-0.2, 0) is 32.0 Å². The number of Topliss-reactive ketones (excluding diaryl/α,β-unsaturated/α-hetero) is 1. The van der Waals surface area contributed by atoms with Crippen LogP contribution in [0, 0.1) is 0 Å². The zero-order chi connectivity index (χ0) is 26.4. The van der Waals surface area contributed by atoms with Crippen molar-refractivity contribution in [1.82, 2.24) is 9.80 Å². The molecule has 0 spiro atoms. The van der Waals surface area contributed by atoms with Crippen LogP contribution in [0.1, 0.15) is 88.8 Å². The third-order valence-corrected chi connectivity index (χ3v) is 6.18. The first kappa shape index (κ1) is 31.4. The zero-order valence-electron chi connectivity index (χ0n) is 21.9. The second kappa shape index (κ2) is 13.1. The molecule has 2 aliphatic rings. The van der Waals surface area contributed by atoms with E-state index in [2.05, 4.69) is 0 Å². The Morgan fingerprint density at radius 3 is 1.89 bits per heavy atom. The van der Waals surface area contributed by atoms with Crippen molar-refractivity contribution in [3.05, 3.63) is 21.4 Å². The van der Waals surface area contributed by atoms with E-state index < -0.39 is 11.2 Å². The van der Waals surface area contributed by atoms with Gasteiger partial charge in [-0.15, -0.1) is 11.3 Å². The Morgan fingerprint density at radius 1 is 0.889 bits per heavy atom. The average molecular weight is 527 g/mol. The van der Waals surface area contributed by atoms with Crippen LogP contribution in [0.4, 0.5) is 9.59 Å². The van der Waals surface area contributed by atoms with Crippen molar-refractivity contribution in [1.29, 1.82) is 0 Å². The van der Waals surface area contributed by atoms with Gasteiger partial charge in [-0.2, -0.15) is 0 Å². The van der Waals surface area contributed by atoms with Gasteiger partial charge in [-0.05, 0) is 66.5 Å². The number of likely N-dealkylation sites (tertiary alicyclic amines) is 1. The Morgan fingerprint density at radius 2 is 1.39 bits per heavy atom. The molecule has 0 aliphatic carbocycles. The number of rotatable bonds is 2. The molecule has 3 rings (SSSR count). The minimum Gasteiger partial charge on any atom is -0.462 e. The van der Waals surface area contributed by atoms with Crippen molar-refractivity contribution in [3.8, 4) is 0 Å². The molecule has 0 saturated carbocycles. The quantitative estimate of drug-likeness (QED) is 0.373. The molecule has 1 aromatic rings. The highest BCUT2D eigenvalue weighted by Gasteiger charge is 2.28. The standard InChI is InChI=1S/C15H21NO4S.C10H17NO3.CH4/c1-5-19-13(17)12-8-10-9-16(7-6-11(10)21-12)14(18)20-15(2,3)4;1-10(2,3)14-9(13)11-6-4-8(12)5-7-11;/h8H,5-7,9H2,1-4H3;4-7H2,1-3H3;1H4. The summed E-state index contributed by atoms with van der Waals surface area (Å²) in [6.07, 6.45) is 1.04. The first-order valence-electron chi connectivity index (χ1n) is 11.9. The minimum atomic E-state index is -0.498. The molecule has 0 N–H and O–H groups in total. The zero-order valence-corrected chi connectivity index (χ0v) is 22.7. The van der Waals surface area contributed by atoms with Crippen LogP contribution >= 0.6 is 11.3 Å². The van der Waals surface area contributed by atoms with E-state index >= 15 is 0 Å². The molecule has 9 nitrogen and oxygen atoms in total. The fourth-order valence-corrected chi connectivity index (χ4v) is 4.44. The summed E-state index contributed by atoms with van der Waals surface area (Å²) in [7, 11) is 0. The van der Waals surface area contributed by atoms with E-state index in [0.717, 1.165) is 16.9 Å². The van der Waals surface area contributed by atoms with Gasteiger partial charge in [-0.1, -0.05) is 7.43 Å². The molecular weight excluding hydrogens is 484 g/mol. The van der Waals surface area contributed by atoms with Gasteiger partial charge in [0, 0.05) is 37.4 Å². The first-order chi connectivity index (χ1) is 16.2. The number of ketones is 1. The lowest BCUT2D eigenvalue weighted by Gasteiger charge is -2.29. The van der Waals surface area contributed by atoms with Gasteiger partial charge in [0.15, 0.2) is 0 Å². The highest BCUT2D eigenvalue weighted by Crippen LogP contribution is 2.29. The number of esters is 1. The number of carbonyl (C=O) groups excluding carboxylic acids is 4. The minimum absolute atomic E-state index is 0. The summed E-state index contributed by atoms with van der Waals surface area (Å²) in [5, 5.41) is 0. The van der Waals surface area contributed by atoms with Crippen LogP contribution in [0.2, 0.25) is 0 Å². The summed E-state index contributed by atoms with van der Waals surface area (Å²) >= 11 is 1.46. The second-order valence-corrected chi connectivity index (χ2v) is 11.6. The van der Waals surface area contributed by atoms with Crippen molar-refractivity contribution >= 4 is 35.3 Å². The van der Waals surface area contributed by atoms with Crippen molar-refractivity contribution in [2.45, 2.75) is 92.9 Å². The van der Waals surface area contributed by atoms with Crippen molar-refractivity contribution < 1.29 is 33.4 Å². The molecule has 2 aliphatic heterocycles. The van der Waals surface area contributed by atoms with Gasteiger partial charge in [-0.3, -0.25) is 4.79 Å². The number of nitrogens with zero attached hydrogens (tertiary/aromatic N) is 2. The number of ether oxygens (including phenoxy) is 3. The van der Waals surface area contributed by atoms with Gasteiger partial charge < -0.3 is 24.0 Å². The molecule has 2 amide bonds. The van der Waals surface area contributed by atoms with Gasteiger partial charge in [-0.25, -0.2) is 14.4 Å². The number of fused-ring (bicyclic) bond motifs is 1. The van der Waals surface area contributed by atoms with E-state index in [0.29, 0.717) is 50.5 Å². The smallest absolute Gasteiger partial charge is 0.410 e. The number of hydrogen-bond donors (Lipinski definition) is 0. The summed E-state index contributed by atoms with van der Waals surface area (Å²) in [5.74, 6) is -0.0643. The lowest BCUT2D eigenvalue weighted by atomic mass is 10.1. The summed E-state index contributed by atoms with van der Waals surface area (Å²) in [6, 6.07) is 1.83. The van der Waals surface area contributed by atoms with Crippen LogP contribution in [0.5, 0.6) is 0 Å². The van der Waals surface area contributed by atoms with E-state index in [-0.39, 0.29) is 31.4 Å². The van der Waals surface area contributed by atoms with E-state index in [1.165, 1.54) is 11.3 Å². The Hall–Kier alpha value is -2.62. The fraction of sp³-hybridized carbons (Fsp3) is 0.692. The molecule has 0 unspecified atom stereocenters. The Kier molecular flexibility index (Phi) is 11.4. The molecule has 0 aromatic carbocycles. The van der Waals surface area contributed by atoms with Crippen molar-refractivity contribution in [3.63, 3.8) is 0 Å². The van der Waals surface area contributed by atoms with Gasteiger partial charge in [0.2, 0.25) is 0 Å². The van der Waals surface area contributed by atoms with Crippen molar-refractivity contribution in [2.75, 3.05) is 26.2 Å². The van der Waals surface area contributed by atoms with E-state index in [4.69, 9.17) is 14.2 Å². The fourth-order valence-electron chi connectivity index (χ4n) is 3.38. The molecule has 36 heavy (non-hydrogen) atoms. The van der Waals surface area contributed by atoms with Gasteiger partial charge in [0.25, 0.3) is 0 Å². The second-order valence-electron chi connectivity index (χ2n) is 10.4. The summed E-state index contributed by atoms with van der Waals surface area (Å²) in [6.45, 7) is 15.3. The topological polar surface area (TPSA) is 102 Å². The number of carbonyl (C=O) groups is 4. The van der Waals surface area contributed by atoms with Gasteiger partial charge in [0.05, 0.1) is 13.2 Å². The molecule has 0 atom stereocenters. The summed E-state index contributed by atoms with van der Waals surface area (Å²) < 4.78 is 15.6. The van der Waals surface area contributed by atoms with E-state index in [1.54, 1.807) is 16.7 Å². The number of hydrogen-bond acceptors (Lipinski definition) is 8. The largest absolute Gasteiger partial charge is 0.462 e. The molecule has 1 fully saturated rings. The molecule has 204 valence electrons. The number of piperidine rings is 1. The van der Waals surface area contributed by atoms with Crippen LogP contribution < -0.4 is 0 Å². The Balaban J connectivity index is 0.000000379. The predicted molar refractivity (Wildman–Crippen MR) is 139 cm³/mol. The highest BCUT2D eigenvalue weighted by molar-refractivity contribution is 7.14. The van der Waals surface area contributed by atoms with E-state index in [1.807, 2.05) is 47.6 Å². The predicted octanol–water partition coefficient (Wildman–Crippen LogP) is 5.44. The first-order valence-corrected chi connectivity index (χ1v) is 12.8. The molecule has 0 radical (unpaired) electrons. The maximum atomic E-state index is 12.1. The third kappa shape index (κ3) is 10.2. The molecular formula is C26H42N2O7S. The number of thiophene rings is 1. The molecule has 3 heterocycles. The molecule has 1 aromatic heterocycles. The summed E-state index contributed by atoms with van der Waals surface area (Å²) in [4.78, 5) is 51.3. The lowest BCUT2D eigenvalue weighted by Crippen LogP contribution is -2.41. The maximum Gasteiger partial charge on any atom is 0.410 e. The monoisotopic (exact) mass is 526 g/mol. The van der Waals surface area contributed by atoms with Crippen LogP contribution in [0.3, 0.4) is 0 Å². The van der Waals surface area contributed by atoms with Gasteiger partial charge in [0.1, 0.15) is 21.9 Å². The average Bonchev–Trinajstić information content (AvgIpc) is 3.16. The maximum absolute atomic E-state index is 12.1. The summed E-state index contributed by atoms with van der Waals surface area (Å²) in [5.41, 5.74) is 0.0563. The highest BCUT2D eigenvalue weighted by atomic mass is 32.1. The molecule has 0 bridgehead atoms. The molecule has 10 heteroatoms. The van der Waals surface area contributed by atoms with Gasteiger partial charge >= 0.3 is 18.2 Å². The molecule has 1 saturated heterocycles. The Bertz CT molecular complexity index is 918. The Labute approximate surface area is 219 Å². The lowest BCUT2D eigenvalue weighted by molar-refractivity contribution is -0.121.